The van der Waals surface area contributed by atoms with Crippen molar-refractivity contribution in [3.05, 3.63) is 24.0 Å². The number of hydrogen-bond donors (Lipinski definition) is 3. The van der Waals surface area contributed by atoms with Gasteiger partial charge in [0.25, 0.3) is 0 Å². The van der Waals surface area contributed by atoms with Crippen molar-refractivity contribution in [3.63, 3.8) is 0 Å². The average Bonchev–Trinajstić information content (AvgIpc) is 2.91. The lowest BCUT2D eigenvalue weighted by Crippen LogP contribution is -2.38. The molecule has 1 fully saturated rings. The number of aromatic nitrogens is 2. The highest BCUT2D eigenvalue weighted by Crippen LogP contribution is 2.28. The van der Waals surface area contributed by atoms with Gasteiger partial charge < -0.3 is 20.1 Å². The molecule has 0 radical (unpaired) electrons. The number of fused-ring (bicyclic) bond motifs is 1. The van der Waals surface area contributed by atoms with Crippen LogP contribution < -0.4 is 10.1 Å². The van der Waals surface area contributed by atoms with E-state index in [1.807, 2.05) is 18.2 Å². The molecule has 1 aliphatic rings. The van der Waals surface area contributed by atoms with Gasteiger partial charge in [0.15, 0.2) is 0 Å². The van der Waals surface area contributed by atoms with E-state index in [-0.39, 0.29) is 18.3 Å². The summed E-state index contributed by atoms with van der Waals surface area (Å²) < 4.78 is 5.33. The molecular formula is C16H21N3O3. The summed E-state index contributed by atoms with van der Waals surface area (Å²) in [5.41, 5.74) is 1.78. The molecule has 3 rings (SSSR count). The van der Waals surface area contributed by atoms with Crippen molar-refractivity contribution < 1.29 is 14.6 Å². The van der Waals surface area contributed by atoms with E-state index in [0.717, 1.165) is 48.5 Å². The summed E-state index contributed by atoms with van der Waals surface area (Å²) >= 11 is 0. The van der Waals surface area contributed by atoms with Crippen molar-refractivity contribution in [1.82, 2.24) is 15.3 Å². The first-order valence-electron chi connectivity index (χ1n) is 7.61. The number of carboxylic acids is 1. The third kappa shape index (κ3) is 3.06. The number of imidazole rings is 1. The van der Waals surface area contributed by atoms with E-state index in [9.17, 15) is 4.79 Å². The van der Waals surface area contributed by atoms with E-state index in [1.54, 1.807) is 7.11 Å². The number of para-hydroxylation sites is 1. The number of carbonyl (C=O) groups is 1. The molecule has 1 aromatic heterocycles. The lowest BCUT2D eigenvalue weighted by atomic mass is 9.82. The zero-order valence-electron chi connectivity index (χ0n) is 12.6. The lowest BCUT2D eigenvalue weighted by molar-refractivity contribution is -0.138. The minimum Gasteiger partial charge on any atom is -0.494 e. The molecular weight excluding hydrogens is 282 g/mol. The second-order valence-electron chi connectivity index (χ2n) is 5.85. The Morgan fingerprint density at radius 2 is 2.32 bits per heavy atom. The van der Waals surface area contributed by atoms with Crippen LogP contribution in [0.1, 0.15) is 18.7 Å². The first-order valence-corrected chi connectivity index (χ1v) is 7.61. The quantitative estimate of drug-likeness (QED) is 0.784. The van der Waals surface area contributed by atoms with Gasteiger partial charge in [-0.05, 0) is 43.5 Å². The standard InChI is InChI=1S/C16H21N3O3/c1-22-13-4-2-3-12-16(13)19-14(18-12)7-11-9-17-6-5-10(11)8-15(20)21/h2-4,10-11,17H,5-9H2,1H3,(H,18,19)(H,20,21)/t10-,11-/m0/s1. The second kappa shape index (κ2) is 6.36. The number of rotatable bonds is 5. The molecule has 1 aliphatic heterocycles. The van der Waals surface area contributed by atoms with Crippen molar-refractivity contribution in [2.24, 2.45) is 11.8 Å². The lowest BCUT2D eigenvalue weighted by Gasteiger charge is -2.30. The van der Waals surface area contributed by atoms with Crippen LogP contribution in [0, 0.1) is 11.8 Å². The minimum absolute atomic E-state index is 0.203. The van der Waals surface area contributed by atoms with E-state index in [4.69, 9.17) is 9.84 Å². The van der Waals surface area contributed by atoms with Crippen LogP contribution in [0.2, 0.25) is 0 Å². The van der Waals surface area contributed by atoms with Crippen LogP contribution >= 0.6 is 0 Å². The van der Waals surface area contributed by atoms with Gasteiger partial charge in [0.1, 0.15) is 17.1 Å². The van der Waals surface area contributed by atoms with Crippen LogP contribution in [0.15, 0.2) is 18.2 Å². The fourth-order valence-electron chi connectivity index (χ4n) is 3.28. The average molecular weight is 303 g/mol. The maximum Gasteiger partial charge on any atom is 0.303 e. The maximum absolute atomic E-state index is 11.0. The number of benzene rings is 1. The van der Waals surface area contributed by atoms with Gasteiger partial charge in [-0.15, -0.1) is 0 Å². The molecule has 2 heterocycles. The van der Waals surface area contributed by atoms with Crippen LogP contribution in [0.5, 0.6) is 5.75 Å². The summed E-state index contributed by atoms with van der Waals surface area (Å²) in [6.07, 6.45) is 1.89. The molecule has 0 amide bonds. The van der Waals surface area contributed by atoms with Gasteiger partial charge in [0.05, 0.1) is 12.6 Å². The molecule has 2 atom stereocenters. The van der Waals surface area contributed by atoms with Gasteiger partial charge in [-0.25, -0.2) is 4.98 Å². The summed E-state index contributed by atoms with van der Waals surface area (Å²) in [6.45, 7) is 1.73. The molecule has 0 aliphatic carbocycles. The van der Waals surface area contributed by atoms with Gasteiger partial charge in [-0.2, -0.15) is 0 Å². The number of aromatic amines is 1. The summed E-state index contributed by atoms with van der Waals surface area (Å²) in [5.74, 6) is 1.42. The SMILES string of the molecule is COc1cccc2[nH]c(C[C@H]3CNCC[C@H]3CC(=O)O)nc12. The van der Waals surface area contributed by atoms with Crippen molar-refractivity contribution in [2.45, 2.75) is 19.3 Å². The monoisotopic (exact) mass is 303 g/mol. The highest BCUT2D eigenvalue weighted by Gasteiger charge is 2.28. The molecule has 0 spiro atoms. The predicted molar refractivity (Wildman–Crippen MR) is 83.1 cm³/mol. The largest absolute Gasteiger partial charge is 0.494 e. The summed E-state index contributed by atoms with van der Waals surface area (Å²) in [6, 6.07) is 5.79. The Morgan fingerprint density at radius 1 is 1.45 bits per heavy atom. The molecule has 0 saturated carbocycles. The molecule has 0 bridgehead atoms. The van der Waals surface area contributed by atoms with Crippen LogP contribution in [0.25, 0.3) is 11.0 Å². The number of carboxylic acid groups (broad SMARTS) is 1. The van der Waals surface area contributed by atoms with Gasteiger partial charge in [-0.3, -0.25) is 4.79 Å². The fourth-order valence-corrected chi connectivity index (χ4v) is 3.28. The normalized spacial score (nSPS) is 21.9. The Labute approximate surface area is 128 Å². The molecule has 6 heteroatoms. The third-order valence-electron chi connectivity index (χ3n) is 4.40. The van der Waals surface area contributed by atoms with Gasteiger partial charge in [0, 0.05) is 12.8 Å². The Kier molecular flexibility index (Phi) is 4.29. The summed E-state index contributed by atoms with van der Waals surface area (Å²) in [4.78, 5) is 19.0. The number of H-pyrrole nitrogens is 1. The number of nitrogens with zero attached hydrogens (tertiary/aromatic N) is 1. The number of hydrogen-bond acceptors (Lipinski definition) is 4. The molecule has 6 nitrogen and oxygen atoms in total. The molecule has 22 heavy (non-hydrogen) atoms. The molecule has 118 valence electrons. The van der Waals surface area contributed by atoms with E-state index in [0.29, 0.717) is 0 Å². The number of nitrogens with one attached hydrogen (secondary N) is 2. The Balaban J connectivity index is 1.80. The zero-order chi connectivity index (χ0) is 15.5. The van der Waals surface area contributed by atoms with Crippen LogP contribution in [-0.4, -0.2) is 41.2 Å². The first-order chi connectivity index (χ1) is 10.7. The van der Waals surface area contributed by atoms with Gasteiger partial charge in [-0.1, -0.05) is 6.07 Å². The second-order valence-corrected chi connectivity index (χ2v) is 5.85. The fraction of sp³-hybridized carbons (Fsp3) is 0.500. The third-order valence-corrected chi connectivity index (χ3v) is 4.40. The smallest absolute Gasteiger partial charge is 0.303 e. The first kappa shape index (κ1) is 14.8. The van der Waals surface area contributed by atoms with E-state index in [2.05, 4.69) is 15.3 Å². The van der Waals surface area contributed by atoms with Crippen LogP contribution in [0.4, 0.5) is 0 Å². The van der Waals surface area contributed by atoms with Gasteiger partial charge in [0.2, 0.25) is 0 Å². The molecule has 2 aromatic rings. The van der Waals surface area contributed by atoms with Crippen molar-refractivity contribution in [3.8, 4) is 5.75 Å². The van der Waals surface area contributed by atoms with E-state index in [1.165, 1.54) is 0 Å². The highest BCUT2D eigenvalue weighted by atomic mass is 16.5. The Bertz CT molecular complexity index is 668. The Hall–Kier alpha value is -2.08. The molecule has 1 aromatic carbocycles. The molecule has 3 N–H and O–H groups in total. The summed E-state index contributed by atoms with van der Waals surface area (Å²) in [5, 5.41) is 12.4. The maximum atomic E-state index is 11.0. The molecule has 0 unspecified atom stereocenters. The highest BCUT2D eigenvalue weighted by molar-refractivity contribution is 5.81. The number of ether oxygens (including phenoxy) is 1. The topological polar surface area (TPSA) is 87.2 Å². The van der Waals surface area contributed by atoms with Crippen LogP contribution in [-0.2, 0) is 11.2 Å². The van der Waals surface area contributed by atoms with Crippen molar-refractivity contribution in [2.75, 3.05) is 20.2 Å². The minimum atomic E-state index is -0.719. The van der Waals surface area contributed by atoms with E-state index >= 15 is 0 Å². The van der Waals surface area contributed by atoms with Gasteiger partial charge >= 0.3 is 5.97 Å². The van der Waals surface area contributed by atoms with Crippen molar-refractivity contribution in [1.29, 1.82) is 0 Å². The number of methoxy groups -OCH3 is 1. The van der Waals surface area contributed by atoms with Crippen LogP contribution in [0.3, 0.4) is 0 Å². The summed E-state index contributed by atoms with van der Waals surface area (Å²) in [7, 11) is 1.64. The van der Waals surface area contributed by atoms with E-state index < -0.39 is 5.97 Å². The molecule has 1 saturated heterocycles. The predicted octanol–water partition coefficient (Wildman–Crippen LogP) is 1.81. The van der Waals surface area contributed by atoms with Crippen molar-refractivity contribution >= 4 is 17.0 Å². The number of piperidine rings is 1. The number of aliphatic carboxylic acids is 1. The Morgan fingerprint density at radius 3 is 3.09 bits per heavy atom. The zero-order valence-corrected chi connectivity index (χ0v) is 12.6.